The lowest BCUT2D eigenvalue weighted by Crippen LogP contribution is -2.13. The van der Waals surface area contributed by atoms with Crippen LogP contribution < -0.4 is 9.46 Å². The van der Waals surface area contributed by atoms with Crippen LogP contribution in [-0.2, 0) is 10.0 Å². The van der Waals surface area contributed by atoms with E-state index in [0.717, 1.165) is 18.2 Å². The number of hydrogen-bond donors (Lipinski definition) is 2. The predicted octanol–water partition coefficient (Wildman–Crippen LogP) is 2.48. The lowest BCUT2D eigenvalue weighted by molar-refractivity contribution is 0.373. The van der Waals surface area contributed by atoms with Crippen molar-refractivity contribution in [2.75, 3.05) is 11.8 Å². The number of rotatable bonds is 4. The maximum atomic E-state index is 13.1. The maximum absolute atomic E-state index is 13.1. The van der Waals surface area contributed by atoms with Crippen molar-refractivity contribution in [1.82, 2.24) is 0 Å². The molecule has 0 saturated carbocycles. The number of sulfonamides is 1. The Morgan fingerprint density at radius 1 is 1.10 bits per heavy atom. The minimum absolute atomic E-state index is 0.0537. The molecule has 0 aliphatic rings. The molecule has 0 fully saturated rings. The van der Waals surface area contributed by atoms with Crippen LogP contribution in [0.4, 0.5) is 14.5 Å². The lowest BCUT2D eigenvalue weighted by Gasteiger charge is -2.10. The topological polar surface area (TPSA) is 75.6 Å². The van der Waals surface area contributed by atoms with E-state index in [9.17, 15) is 22.3 Å². The van der Waals surface area contributed by atoms with Gasteiger partial charge in [0.1, 0.15) is 0 Å². The molecule has 0 spiro atoms. The van der Waals surface area contributed by atoms with Gasteiger partial charge in [-0.15, -0.1) is 0 Å². The first-order valence-electron chi connectivity index (χ1n) is 5.68. The molecule has 0 saturated heterocycles. The van der Waals surface area contributed by atoms with Gasteiger partial charge >= 0.3 is 0 Å². The van der Waals surface area contributed by atoms with Crippen LogP contribution in [-0.4, -0.2) is 20.6 Å². The van der Waals surface area contributed by atoms with Gasteiger partial charge in [-0.05, 0) is 30.3 Å². The molecule has 0 aromatic heterocycles. The van der Waals surface area contributed by atoms with E-state index in [1.54, 1.807) is 0 Å². The molecule has 0 unspecified atom stereocenters. The molecule has 0 amide bonds. The zero-order valence-electron chi connectivity index (χ0n) is 10.8. The third-order valence-electron chi connectivity index (χ3n) is 2.63. The van der Waals surface area contributed by atoms with E-state index >= 15 is 0 Å². The summed E-state index contributed by atoms with van der Waals surface area (Å²) >= 11 is 0. The Morgan fingerprint density at radius 2 is 1.81 bits per heavy atom. The fraction of sp³-hybridized carbons (Fsp3) is 0.0769. The normalized spacial score (nSPS) is 11.2. The summed E-state index contributed by atoms with van der Waals surface area (Å²) in [6.45, 7) is 0. The van der Waals surface area contributed by atoms with Crippen LogP contribution >= 0.6 is 0 Å². The average Bonchev–Trinajstić information content (AvgIpc) is 2.41. The SMILES string of the molecule is COc1ccc(NS(=O)(=O)c2ccc(F)c(F)c2)cc1O. The molecule has 21 heavy (non-hydrogen) atoms. The third kappa shape index (κ3) is 3.22. The molecule has 2 aromatic rings. The summed E-state index contributed by atoms with van der Waals surface area (Å²) in [5, 5.41) is 9.57. The number of ether oxygens (including phenoxy) is 1. The van der Waals surface area contributed by atoms with Gasteiger partial charge in [-0.25, -0.2) is 17.2 Å². The van der Waals surface area contributed by atoms with E-state index < -0.39 is 26.6 Å². The minimum atomic E-state index is -4.10. The first kappa shape index (κ1) is 15.0. The summed E-state index contributed by atoms with van der Waals surface area (Å²) in [5.74, 6) is -2.50. The molecule has 5 nitrogen and oxygen atoms in total. The second-order valence-corrected chi connectivity index (χ2v) is 5.75. The quantitative estimate of drug-likeness (QED) is 0.909. The van der Waals surface area contributed by atoms with Crippen LogP contribution in [0.25, 0.3) is 0 Å². The van der Waals surface area contributed by atoms with Crippen LogP contribution in [0.1, 0.15) is 0 Å². The third-order valence-corrected chi connectivity index (χ3v) is 4.01. The van der Waals surface area contributed by atoms with Crippen molar-refractivity contribution in [2.45, 2.75) is 4.90 Å². The fourth-order valence-electron chi connectivity index (χ4n) is 1.61. The summed E-state index contributed by atoms with van der Waals surface area (Å²) in [6.07, 6.45) is 0. The van der Waals surface area contributed by atoms with Crippen LogP contribution in [0.15, 0.2) is 41.3 Å². The molecular weight excluding hydrogens is 304 g/mol. The summed E-state index contributed by atoms with van der Waals surface area (Å²) in [5.41, 5.74) is 0.0537. The summed E-state index contributed by atoms with van der Waals surface area (Å²) in [6, 6.07) is 6.07. The van der Waals surface area contributed by atoms with Crippen molar-refractivity contribution in [3.63, 3.8) is 0 Å². The number of nitrogens with one attached hydrogen (secondary N) is 1. The average molecular weight is 315 g/mol. The predicted molar refractivity (Wildman–Crippen MR) is 71.8 cm³/mol. The van der Waals surface area contributed by atoms with E-state index in [-0.39, 0.29) is 17.2 Å². The number of methoxy groups -OCH3 is 1. The number of benzene rings is 2. The van der Waals surface area contributed by atoms with Gasteiger partial charge in [0.25, 0.3) is 10.0 Å². The molecular formula is C13H11F2NO4S. The van der Waals surface area contributed by atoms with Gasteiger partial charge in [0, 0.05) is 6.07 Å². The Kier molecular flexibility index (Phi) is 3.99. The molecule has 0 aliphatic carbocycles. The highest BCUT2D eigenvalue weighted by atomic mass is 32.2. The molecule has 0 heterocycles. The Bertz CT molecular complexity index is 778. The first-order valence-corrected chi connectivity index (χ1v) is 7.16. The standard InChI is InChI=1S/C13H11F2NO4S/c1-20-13-5-2-8(6-12(13)17)16-21(18,19)9-3-4-10(14)11(15)7-9/h2-7,16-17H,1H3. The van der Waals surface area contributed by atoms with Crippen molar-refractivity contribution in [3.05, 3.63) is 48.0 Å². The van der Waals surface area contributed by atoms with Gasteiger partial charge in [-0.1, -0.05) is 0 Å². The van der Waals surface area contributed by atoms with E-state index in [4.69, 9.17) is 4.74 Å². The van der Waals surface area contributed by atoms with E-state index in [0.29, 0.717) is 6.07 Å². The highest BCUT2D eigenvalue weighted by Gasteiger charge is 2.17. The Morgan fingerprint density at radius 3 is 2.38 bits per heavy atom. The number of hydrogen-bond acceptors (Lipinski definition) is 4. The van der Waals surface area contributed by atoms with Gasteiger partial charge < -0.3 is 9.84 Å². The van der Waals surface area contributed by atoms with Gasteiger partial charge in [0.15, 0.2) is 23.1 Å². The van der Waals surface area contributed by atoms with Crippen molar-refractivity contribution >= 4 is 15.7 Å². The van der Waals surface area contributed by atoms with Crippen molar-refractivity contribution < 1.29 is 27.0 Å². The molecule has 0 atom stereocenters. The van der Waals surface area contributed by atoms with E-state index in [2.05, 4.69) is 4.72 Å². The van der Waals surface area contributed by atoms with Crippen LogP contribution in [0.5, 0.6) is 11.5 Å². The van der Waals surface area contributed by atoms with E-state index in [1.807, 2.05) is 0 Å². The van der Waals surface area contributed by atoms with Gasteiger partial charge in [0.2, 0.25) is 0 Å². The lowest BCUT2D eigenvalue weighted by atomic mass is 10.3. The highest BCUT2D eigenvalue weighted by molar-refractivity contribution is 7.92. The number of halogens is 2. The molecule has 0 bridgehead atoms. The first-order chi connectivity index (χ1) is 9.83. The Balaban J connectivity index is 2.32. The molecule has 112 valence electrons. The van der Waals surface area contributed by atoms with Gasteiger partial charge in [0.05, 0.1) is 17.7 Å². The summed E-state index contributed by atoms with van der Waals surface area (Å²) in [4.78, 5) is -0.434. The smallest absolute Gasteiger partial charge is 0.262 e. The highest BCUT2D eigenvalue weighted by Crippen LogP contribution is 2.29. The van der Waals surface area contributed by atoms with Crippen molar-refractivity contribution in [2.24, 2.45) is 0 Å². The van der Waals surface area contributed by atoms with Crippen LogP contribution in [0, 0.1) is 11.6 Å². The van der Waals surface area contributed by atoms with Crippen LogP contribution in [0.2, 0.25) is 0 Å². The zero-order valence-corrected chi connectivity index (χ0v) is 11.6. The second-order valence-electron chi connectivity index (χ2n) is 4.07. The monoisotopic (exact) mass is 315 g/mol. The molecule has 0 radical (unpaired) electrons. The largest absolute Gasteiger partial charge is 0.504 e. The number of phenolic OH excluding ortho intramolecular Hbond substituents is 1. The van der Waals surface area contributed by atoms with Gasteiger partial charge in [-0.2, -0.15) is 0 Å². The number of phenols is 1. The molecule has 2 rings (SSSR count). The number of anilines is 1. The summed E-state index contributed by atoms with van der Waals surface area (Å²) < 4.78 is 56.9. The molecule has 0 aliphatic heterocycles. The summed E-state index contributed by atoms with van der Waals surface area (Å²) in [7, 11) is -2.75. The molecule has 8 heteroatoms. The minimum Gasteiger partial charge on any atom is -0.504 e. The molecule has 2 aromatic carbocycles. The van der Waals surface area contributed by atoms with E-state index in [1.165, 1.54) is 19.2 Å². The Labute approximate surface area is 119 Å². The van der Waals surface area contributed by atoms with Gasteiger partial charge in [-0.3, -0.25) is 4.72 Å². The Hall–Kier alpha value is -2.35. The molecule has 2 N–H and O–H groups in total. The number of aromatic hydroxyl groups is 1. The second kappa shape index (κ2) is 5.57. The van der Waals surface area contributed by atoms with Crippen LogP contribution in [0.3, 0.4) is 0 Å². The fourth-order valence-corrected chi connectivity index (χ4v) is 2.67. The van der Waals surface area contributed by atoms with Crippen molar-refractivity contribution in [3.8, 4) is 11.5 Å². The zero-order chi connectivity index (χ0) is 15.6. The maximum Gasteiger partial charge on any atom is 0.262 e. The van der Waals surface area contributed by atoms with Crippen molar-refractivity contribution in [1.29, 1.82) is 0 Å².